The Morgan fingerprint density at radius 3 is 2.54 bits per heavy atom. The summed E-state index contributed by atoms with van der Waals surface area (Å²) in [6.07, 6.45) is 5.48. The van der Waals surface area contributed by atoms with Gasteiger partial charge in [-0.2, -0.15) is 8.42 Å². The van der Waals surface area contributed by atoms with E-state index in [-0.39, 0.29) is 18.6 Å². The molecule has 1 aromatic rings. The fraction of sp³-hybridized carbons (Fsp3) is 0.647. The van der Waals surface area contributed by atoms with Crippen molar-refractivity contribution in [2.75, 3.05) is 13.2 Å². The zero-order valence-electron chi connectivity index (χ0n) is 13.7. The van der Waals surface area contributed by atoms with Crippen LogP contribution in [0.15, 0.2) is 30.3 Å². The fourth-order valence-electron chi connectivity index (χ4n) is 3.65. The number of benzene rings is 1. The SMILES string of the molecule is NS(=O)(=O)OCCC1OC2(CCCCC2)OCC1c1ccccc1. The Balaban J connectivity index is 1.73. The lowest BCUT2D eigenvalue weighted by Crippen LogP contribution is -2.49. The first kappa shape index (κ1) is 17.8. The fourth-order valence-corrected chi connectivity index (χ4v) is 3.97. The molecule has 24 heavy (non-hydrogen) atoms. The highest BCUT2D eigenvalue weighted by molar-refractivity contribution is 7.84. The topological polar surface area (TPSA) is 87.9 Å². The molecule has 7 heteroatoms. The normalized spacial score (nSPS) is 27.2. The van der Waals surface area contributed by atoms with Crippen LogP contribution in [0.4, 0.5) is 0 Å². The maximum Gasteiger partial charge on any atom is 0.333 e. The van der Waals surface area contributed by atoms with Gasteiger partial charge in [0.2, 0.25) is 0 Å². The Morgan fingerprint density at radius 1 is 1.17 bits per heavy atom. The van der Waals surface area contributed by atoms with Gasteiger partial charge >= 0.3 is 10.3 Å². The van der Waals surface area contributed by atoms with Gasteiger partial charge < -0.3 is 9.47 Å². The van der Waals surface area contributed by atoms with E-state index in [4.69, 9.17) is 18.8 Å². The van der Waals surface area contributed by atoms with Crippen LogP contribution in [-0.4, -0.2) is 33.5 Å². The number of ether oxygens (including phenoxy) is 2. The van der Waals surface area contributed by atoms with Crippen molar-refractivity contribution in [1.29, 1.82) is 0 Å². The Kier molecular flexibility index (Phi) is 5.56. The van der Waals surface area contributed by atoms with Crippen LogP contribution in [0, 0.1) is 0 Å². The molecule has 0 bridgehead atoms. The van der Waals surface area contributed by atoms with Gasteiger partial charge in [0.25, 0.3) is 0 Å². The molecule has 2 N–H and O–H groups in total. The van der Waals surface area contributed by atoms with E-state index in [1.54, 1.807) is 0 Å². The first-order valence-corrected chi connectivity index (χ1v) is 9.98. The molecule has 1 saturated carbocycles. The summed E-state index contributed by atoms with van der Waals surface area (Å²) >= 11 is 0. The van der Waals surface area contributed by atoms with Crippen LogP contribution < -0.4 is 5.14 Å². The van der Waals surface area contributed by atoms with Crippen molar-refractivity contribution < 1.29 is 22.1 Å². The average molecular weight is 355 g/mol. The first-order valence-electron chi connectivity index (χ1n) is 8.51. The molecule has 2 unspecified atom stereocenters. The second-order valence-electron chi connectivity index (χ2n) is 6.56. The number of nitrogens with two attached hydrogens (primary N) is 1. The van der Waals surface area contributed by atoms with Gasteiger partial charge in [0.1, 0.15) is 0 Å². The number of rotatable bonds is 5. The lowest BCUT2D eigenvalue weighted by Gasteiger charge is -2.47. The van der Waals surface area contributed by atoms with Crippen LogP contribution in [0.1, 0.15) is 50.0 Å². The highest BCUT2D eigenvalue weighted by Crippen LogP contribution is 2.42. The van der Waals surface area contributed by atoms with E-state index in [9.17, 15) is 8.42 Å². The van der Waals surface area contributed by atoms with Crippen molar-refractivity contribution in [2.45, 2.75) is 56.3 Å². The van der Waals surface area contributed by atoms with E-state index < -0.39 is 16.1 Å². The molecule has 2 aliphatic rings. The minimum Gasteiger partial charge on any atom is -0.349 e. The molecule has 0 amide bonds. The molecule has 1 spiro atoms. The van der Waals surface area contributed by atoms with Crippen LogP contribution in [0.2, 0.25) is 0 Å². The molecule has 134 valence electrons. The second kappa shape index (κ2) is 7.49. The molecular formula is C17H25NO5S. The molecule has 6 nitrogen and oxygen atoms in total. The maximum absolute atomic E-state index is 11.0. The monoisotopic (exact) mass is 355 g/mol. The van der Waals surface area contributed by atoms with E-state index in [0.717, 1.165) is 31.2 Å². The Labute approximate surface area is 143 Å². The summed E-state index contributed by atoms with van der Waals surface area (Å²) in [6.45, 7) is 0.590. The van der Waals surface area contributed by atoms with Crippen LogP contribution in [0.3, 0.4) is 0 Å². The Morgan fingerprint density at radius 2 is 1.88 bits per heavy atom. The van der Waals surface area contributed by atoms with E-state index in [0.29, 0.717) is 13.0 Å². The molecule has 0 aromatic heterocycles. The predicted octanol–water partition coefficient (Wildman–Crippen LogP) is 2.46. The zero-order chi connectivity index (χ0) is 17.0. The summed E-state index contributed by atoms with van der Waals surface area (Å²) in [5, 5.41) is 4.92. The first-order chi connectivity index (χ1) is 11.5. The molecule has 3 rings (SSSR count). The van der Waals surface area contributed by atoms with Crippen LogP contribution in [-0.2, 0) is 24.0 Å². The van der Waals surface area contributed by atoms with Gasteiger partial charge in [-0.1, -0.05) is 36.8 Å². The van der Waals surface area contributed by atoms with Gasteiger partial charge in [-0.15, -0.1) is 0 Å². The summed E-state index contributed by atoms with van der Waals surface area (Å²) < 4.78 is 39.2. The highest BCUT2D eigenvalue weighted by Gasteiger charge is 2.43. The third-order valence-corrected chi connectivity index (χ3v) is 5.33. The van der Waals surface area contributed by atoms with Crippen molar-refractivity contribution in [3.05, 3.63) is 35.9 Å². The van der Waals surface area contributed by atoms with Gasteiger partial charge in [0.05, 0.1) is 19.3 Å². The van der Waals surface area contributed by atoms with Crippen LogP contribution >= 0.6 is 0 Å². The molecule has 1 heterocycles. The number of hydrogen-bond donors (Lipinski definition) is 1. The third-order valence-electron chi connectivity index (χ3n) is 4.83. The van der Waals surface area contributed by atoms with Gasteiger partial charge in [-0.25, -0.2) is 5.14 Å². The van der Waals surface area contributed by atoms with Crippen molar-refractivity contribution in [1.82, 2.24) is 0 Å². The predicted molar refractivity (Wildman–Crippen MR) is 89.5 cm³/mol. The smallest absolute Gasteiger partial charge is 0.333 e. The maximum atomic E-state index is 11.0. The van der Waals surface area contributed by atoms with E-state index in [1.165, 1.54) is 6.42 Å². The second-order valence-corrected chi connectivity index (χ2v) is 7.78. The van der Waals surface area contributed by atoms with E-state index in [1.807, 2.05) is 30.3 Å². The van der Waals surface area contributed by atoms with Crippen molar-refractivity contribution in [3.8, 4) is 0 Å². The van der Waals surface area contributed by atoms with Crippen molar-refractivity contribution in [3.63, 3.8) is 0 Å². The minimum atomic E-state index is -3.93. The third kappa shape index (κ3) is 4.55. The van der Waals surface area contributed by atoms with Crippen LogP contribution in [0.25, 0.3) is 0 Å². The lowest BCUT2D eigenvalue weighted by molar-refractivity contribution is -0.313. The highest BCUT2D eigenvalue weighted by atomic mass is 32.2. The zero-order valence-corrected chi connectivity index (χ0v) is 14.5. The molecule has 1 saturated heterocycles. The van der Waals surface area contributed by atoms with Crippen molar-refractivity contribution in [2.24, 2.45) is 5.14 Å². The van der Waals surface area contributed by atoms with Crippen LogP contribution in [0.5, 0.6) is 0 Å². The van der Waals surface area contributed by atoms with E-state index in [2.05, 4.69) is 0 Å². The lowest BCUT2D eigenvalue weighted by atomic mass is 9.87. The molecule has 2 atom stereocenters. The molecule has 1 aliphatic carbocycles. The summed E-state index contributed by atoms with van der Waals surface area (Å²) in [4.78, 5) is 0. The standard InChI is InChI=1S/C17H25NO5S/c18-24(19,20)22-12-9-16-15(14-7-3-1-4-8-14)13-21-17(23-16)10-5-2-6-11-17/h1,3-4,7-8,15-16H,2,5-6,9-13H2,(H2,18,19,20). The summed E-state index contributed by atoms with van der Waals surface area (Å²) in [6, 6.07) is 10.0. The largest absolute Gasteiger partial charge is 0.349 e. The van der Waals surface area contributed by atoms with Gasteiger partial charge in [-0.3, -0.25) is 4.18 Å². The van der Waals surface area contributed by atoms with Gasteiger partial charge in [0, 0.05) is 18.8 Å². The van der Waals surface area contributed by atoms with E-state index >= 15 is 0 Å². The van der Waals surface area contributed by atoms with Gasteiger partial charge in [-0.05, 0) is 24.8 Å². The van der Waals surface area contributed by atoms with Gasteiger partial charge in [0.15, 0.2) is 5.79 Å². The quantitative estimate of drug-likeness (QED) is 0.876. The Bertz CT molecular complexity index is 628. The summed E-state index contributed by atoms with van der Waals surface area (Å²) in [7, 11) is -3.93. The summed E-state index contributed by atoms with van der Waals surface area (Å²) in [5.74, 6) is -0.460. The molecule has 2 fully saturated rings. The molecule has 1 aromatic carbocycles. The Hall–Kier alpha value is -0.990. The minimum absolute atomic E-state index is 0.0168. The average Bonchev–Trinajstić information content (AvgIpc) is 2.55. The van der Waals surface area contributed by atoms with Crippen molar-refractivity contribution >= 4 is 10.3 Å². The molecule has 0 radical (unpaired) electrons. The molecular weight excluding hydrogens is 330 g/mol. The number of hydrogen-bond acceptors (Lipinski definition) is 5. The molecule has 1 aliphatic heterocycles. The summed E-state index contributed by atoms with van der Waals surface area (Å²) in [5.41, 5.74) is 1.13.